The maximum Gasteiger partial charge on any atom is 0.237 e. The fourth-order valence-electron chi connectivity index (χ4n) is 4.45. The van der Waals surface area contributed by atoms with Gasteiger partial charge in [0.2, 0.25) is 5.91 Å². The first kappa shape index (κ1) is 22.2. The van der Waals surface area contributed by atoms with Crippen molar-refractivity contribution in [3.63, 3.8) is 0 Å². The number of anilines is 1. The van der Waals surface area contributed by atoms with Crippen LogP contribution in [0, 0.1) is 5.92 Å². The average molecular weight is 417 g/mol. The summed E-state index contributed by atoms with van der Waals surface area (Å²) in [7, 11) is 0. The second-order valence-corrected chi connectivity index (χ2v) is 7.41. The maximum atomic E-state index is 12.6. The van der Waals surface area contributed by atoms with E-state index in [-0.39, 0.29) is 36.8 Å². The van der Waals surface area contributed by atoms with Gasteiger partial charge in [0.15, 0.2) is 0 Å². The number of pyridine rings is 1. The molecule has 1 aromatic heterocycles. The molecule has 3 aliphatic rings. The molecule has 2 aliphatic heterocycles. The van der Waals surface area contributed by atoms with Crippen molar-refractivity contribution in [2.75, 3.05) is 31.2 Å². The highest BCUT2D eigenvalue weighted by Gasteiger charge is 2.38. The molecule has 0 bridgehead atoms. The zero-order valence-corrected chi connectivity index (χ0v) is 17.2. The van der Waals surface area contributed by atoms with Crippen molar-refractivity contribution in [1.29, 1.82) is 0 Å². The number of rotatable bonds is 4. The third-order valence-electron chi connectivity index (χ3n) is 5.81. The van der Waals surface area contributed by atoms with Gasteiger partial charge in [-0.25, -0.2) is 4.98 Å². The van der Waals surface area contributed by atoms with E-state index in [9.17, 15) is 4.79 Å². The molecule has 3 atom stereocenters. The summed E-state index contributed by atoms with van der Waals surface area (Å²) in [5.74, 6) is 1.79. The molecule has 0 radical (unpaired) electrons. The summed E-state index contributed by atoms with van der Waals surface area (Å²) in [6.07, 6.45) is 7.90. The van der Waals surface area contributed by atoms with Crippen LogP contribution in [0.25, 0.3) is 0 Å². The van der Waals surface area contributed by atoms with Crippen LogP contribution in [-0.2, 0) is 16.1 Å². The van der Waals surface area contributed by atoms with Crippen molar-refractivity contribution in [2.45, 2.75) is 50.7 Å². The fraction of sp³-hybridized carbons (Fsp3) is 0.684. The van der Waals surface area contributed by atoms with Crippen LogP contribution in [-0.4, -0.2) is 49.3 Å². The number of halogens is 2. The zero-order chi connectivity index (χ0) is 17.1. The van der Waals surface area contributed by atoms with E-state index in [1.165, 1.54) is 25.7 Å². The summed E-state index contributed by atoms with van der Waals surface area (Å²) in [5, 5.41) is 6.68. The summed E-state index contributed by atoms with van der Waals surface area (Å²) in [6, 6.07) is 4.51. The van der Waals surface area contributed by atoms with E-state index in [1.54, 1.807) is 0 Å². The lowest BCUT2D eigenvalue weighted by Gasteiger charge is -2.29. The number of carbonyl (C=O) groups excluding carboxylic acids is 1. The molecule has 1 aliphatic carbocycles. The molecule has 1 aromatic rings. The minimum atomic E-state index is -0.0309. The molecule has 3 unspecified atom stereocenters. The molecule has 2 saturated heterocycles. The van der Waals surface area contributed by atoms with E-state index >= 15 is 0 Å². The smallest absolute Gasteiger partial charge is 0.237 e. The van der Waals surface area contributed by atoms with E-state index in [2.05, 4.69) is 26.6 Å². The summed E-state index contributed by atoms with van der Waals surface area (Å²) in [4.78, 5) is 19.4. The normalized spacial score (nSPS) is 27.1. The lowest BCUT2D eigenvalue weighted by atomic mass is 9.85. The Morgan fingerprint density at radius 1 is 1.26 bits per heavy atom. The highest BCUT2D eigenvalue weighted by Crippen LogP contribution is 2.33. The van der Waals surface area contributed by atoms with Gasteiger partial charge in [-0.05, 0) is 31.2 Å². The van der Waals surface area contributed by atoms with E-state index in [1.807, 2.05) is 12.3 Å². The predicted octanol–water partition coefficient (Wildman–Crippen LogP) is 2.30. The molecular formula is C19H30Cl2N4O2. The molecular weight excluding hydrogens is 387 g/mol. The second-order valence-electron chi connectivity index (χ2n) is 7.41. The number of aromatic nitrogens is 1. The summed E-state index contributed by atoms with van der Waals surface area (Å²) in [6.45, 7) is 3.71. The molecule has 27 heavy (non-hydrogen) atoms. The molecule has 1 saturated carbocycles. The van der Waals surface area contributed by atoms with Crippen molar-refractivity contribution in [1.82, 2.24) is 15.6 Å². The number of ether oxygens (including phenoxy) is 1. The maximum absolute atomic E-state index is 12.6. The van der Waals surface area contributed by atoms with Gasteiger partial charge >= 0.3 is 0 Å². The number of carbonyl (C=O) groups is 1. The Hall–Kier alpha value is -1.08. The highest BCUT2D eigenvalue weighted by molar-refractivity contribution is 5.85. The number of hydrogen-bond acceptors (Lipinski definition) is 5. The Morgan fingerprint density at radius 3 is 2.81 bits per heavy atom. The van der Waals surface area contributed by atoms with Gasteiger partial charge in [0, 0.05) is 37.4 Å². The topological polar surface area (TPSA) is 66.5 Å². The van der Waals surface area contributed by atoms with Gasteiger partial charge in [-0.3, -0.25) is 4.79 Å². The number of hydrogen-bond donors (Lipinski definition) is 2. The van der Waals surface area contributed by atoms with E-state index in [0.29, 0.717) is 18.5 Å². The van der Waals surface area contributed by atoms with Crippen molar-refractivity contribution in [2.24, 2.45) is 5.92 Å². The van der Waals surface area contributed by atoms with Gasteiger partial charge in [-0.15, -0.1) is 24.8 Å². The van der Waals surface area contributed by atoms with E-state index in [4.69, 9.17) is 4.74 Å². The molecule has 8 heteroatoms. The molecule has 4 rings (SSSR count). The van der Waals surface area contributed by atoms with Crippen LogP contribution in [0.3, 0.4) is 0 Å². The second kappa shape index (κ2) is 10.5. The Labute approximate surface area is 173 Å². The van der Waals surface area contributed by atoms with Crippen LogP contribution < -0.4 is 15.5 Å². The number of fused-ring (bicyclic) bond motifs is 1. The highest BCUT2D eigenvalue weighted by atomic mass is 35.5. The van der Waals surface area contributed by atoms with Gasteiger partial charge in [0.05, 0.1) is 19.3 Å². The number of morpholine rings is 1. The lowest BCUT2D eigenvalue weighted by molar-refractivity contribution is -0.123. The molecule has 0 spiro atoms. The molecule has 3 heterocycles. The fourth-order valence-corrected chi connectivity index (χ4v) is 4.45. The largest absolute Gasteiger partial charge is 0.378 e. The average Bonchev–Trinajstić information content (AvgIpc) is 3.11. The summed E-state index contributed by atoms with van der Waals surface area (Å²) >= 11 is 0. The van der Waals surface area contributed by atoms with E-state index < -0.39 is 0 Å². The van der Waals surface area contributed by atoms with Gasteiger partial charge in [0.25, 0.3) is 0 Å². The number of nitrogens with zero attached hydrogens (tertiary/aromatic N) is 2. The van der Waals surface area contributed by atoms with Gasteiger partial charge in [-0.1, -0.05) is 18.9 Å². The first-order valence-electron chi connectivity index (χ1n) is 9.61. The standard InChI is InChI=1S/C19H28N4O2.2ClH/c24-19(17-12-14-4-1-2-6-16(14)22-17)21-13-15-5-3-7-20-18(15)23-8-10-25-11-9-23;;/h3,5,7,14,16-17,22H,1-2,4,6,8-13H2,(H,21,24);2*1H. The molecule has 0 aromatic carbocycles. The van der Waals surface area contributed by atoms with Crippen LogP contribution in [0.15, 0.2) is 18.3 Å². The summed E-state index contributed by atoms with van der Waals surface area (Å²) in [5.41, 5.74) is 1.08. The quantitative estimate of drug-likeness (QED) is 0.787. The molecule has 3 fully saturated rings. The van der Waals surface area contributed by atoms with Crippen LogP contribution in [0.4, 0.5) is 5.82 Å². The molecule has 1 amide bonds. The Morgan fingerprint density at radius 2 is 2.04 bits per heavy atom. The molecule has 6 nitrogen and oxygen atoms in total. The van der Waals surface area contributed by atoms with Gasteiger partial charge in [-0.2, -0.15) is 0 Å². The van der Waals surface area contributed by atoms with Gasteiger partial charge in [0.1, 0.15) is 5.82 Å². The van der Waals surface area contributed by atoms with Crippen molar-refractivity contribution >= 4 is 36.5 Å². The molecule has 2 N–H and O–H groups in total. The zero-order valence-electron chi connectivity index (χ0n) is 15.6. The molecule has 152 valence electrons. The van der Waals surface area contributed by atoms with Crippen molar-refractivity contribution in [3.05, 3.63) is 23.9 Å². The first-order valence-corrected chi connectivity index (χ1v) is 9.61. The number of nitrogens with one attached hydrogen (secondary N) is 2. The number of amides is 1. The minimum Gasteiger partial charge on any atom is -0.378 e. The third-order valence-corrected chi connectivity index (χ3v) is 5.81. The lowest BCUT2D eigenvalue weighted by Crippen LogP contribution is -2.43. The summed E-state index contributed by atoms with van der Waals surface area (Å²) < 4.78 is 5.43. The third kappa shape index (κ3) is 5.25. The van der Waals surface area contributed by atoms with E-state index in [0.717, 1.165) is 44.1 Å². The minimum absolute atomic E-state index is 0. The van der Waals surface area contributed by atoms with Gasteiger partial charge < -0.3 is 20.3 Å². The van der Waals surface area contributed by atoms with Crippen LogP contribution >= 0.6 is 24.8 Å². The van der Waals surface area contributed by atoms with Crippen molar-refractivity contribution < 1.29 is 9.53 Å². The SMILES string of the molecule is Cl.Cl.O=C(NCc1cccnc1N1CCOCC1)C1CC2CCCCC2N1. The van der Waals surface area contributed by atoms with Crippen molar-refractivity contribution in [3.8, 4) is 0 Å². The predicted molar refractivity (Wildman–Crippen MR) is 111 cm³/mol. The monoisotopic (exact) mass is 416 g/mol. The first-order chi connectivity index (χ1) is 12.3. The van der Waals surface area contributed by atoms with Crippen LogP contribution in [0.5, 0.6) is 0 Å². The van der Waals surface area contributed by atoms with Crippen LogP contribution in [0.1, 0.15) is 37.7 Å². The Bertz CT molecular complexity index is 599. The Kier molecular flexibility index (Phi) is 8.61. The Balaban J connectivity index is 0.00000131. The van der Waals surface area contributed by atoms with Crippen LogP contribution in [0.2, 0.25) is 0 Å².